The summed E-state index contributed by atoms with van der Waals surface area (Å²) < 4.78 is 15.0. The highest BCUT2D eigenvalue weighted by molar-refractivity contribution is 6.05. The first kappa shape index (κ1) is 30.2. The average molecular weight is 513 g/mol. The van der Waals surface area contributed by atoms with Crippen molar-refractivity contribution in [2.75, 3.05) is 51.0 Å². The number of hydrogen-bond donors (Lipinski definition) is 4. The zero-order valence-corrected chi connectivity index (χ0v) is 23.8. The normalized spacial score (nSPS) is 18.4. The Labute approximate surface area is 222 Å². The number of nitrogens with zero attached hydrogens (tertiary/aromatic N) is 4. The molecule has 0 radical (unpaired) electrons. The average Bonchev–Trinajstić information content (AvgIpc) is 2.85. The Balaban J connectivity index is 2.31. The molecule has 1 aromatic rings. The molecule has 1 aliphatic heterocycles. The number of rotatable bonds is 11. The van der Waals surface area contributed by atoms with Crippen molar-refractivity contribution in [1.29, 1.82) is 5.41 Å². The number of piperidine rings is 1. The minimum absolute atomic E-state index is 0.205. The van der Waals surface area contributed by atoms with Crippen molar-refractivity contribution in [2.45, 2.75) is 47.5 Å². The quantitative estimate of drug-likeness (QED) is 0.193. The van der Waals surface area contributed by atoms with Crippen LogP contribution in [0.25, 0.3) is 0 Å². The smallest absolute Gasteiger partial charge is 0.230 e. The van der Waals surface area contributed by atoms with Gasteiger partial charge < -0.3 is 26.3 Å². The van der Waals surface area contributed by atoms with Crippen molar-refractivity contribution >= 4 is 23.3 Å². The van der Waals surface area contributed by atoms with Crippen molar-refractivity contribution in [2.24, 2.45) is 22.2 Å². The van der Waals surface area contributed by atoms with Crippen molar-refractivity contribution in [3.05, 3.63) is 47.6 Å². The van der Waals surface area contributed by atoms with Crippen LogP contribution < -0.4 is 20.9 Å². The van der Waals surface area contributed by atoms with E-state index in [1.165, 1.54) is 6.20 Å². The Kier molecular flexibility index (Phi) is 11.0. The third-order valence-electron chi connectivity index (χ3n) is 6.81. The van der Waals surface area contributed by atoms with Crippen molar-refractivity contribution in [3.8, 4) is 0 Å². The summed E-state index contributed by atoms with van der Waals surface area (Å²) in [6.07, 6.45) is 7.02. The molecule has 1 fully saturated rings. The molecular formula is C28H45FN8. The number of halogens is 1. The maximum Gasteiger partial charge on any atom is 0.230 e. The second-order valence-corrected chi connectivity index (χ2v) is 10.4. The van der Waals surface area contributed by atoms with Crippen LogP contribution in [0.2, 0.25) is 0 Å². The molecular weight excluding hydrogens is 467 g/mol. The van der Waals surface area contributed by atoms with Gasteiger partial charge in [-0.05, 0) is 44.3 Å². The lowest BCUT2D eigenvalue weighted by molar-refractivity contribution is 0.478. The highest BCUT2D eigenvalue weighted by atomic mass is 19.1. The lowest BCUT2D eigenvalue weighted by Gasteiger charge is -2.42. The van der Waals surface area contributed by atoms with Gasteiger partial charge in [-0.25, -0.2) is 9.37 Å². The topological polar surface area (TPSA) is 101 Å². The van der Waals surface area contributed by atoms with E-state index >= 15 is 4.39 Å². The molecule has 2 heterocycles. The molecule has 1 unspecified atom stereocenters. The molecule has 0 amide bonds. The van der Waals surface area contributed by atoms with Crippen LogP contribution in [0.3, 0.4) is 0 Å². The molecule has 0 aromatic carbocycles. The van der Waals surface area contributed by atoms with E-state index in [-0.39, 0.29) is 17.7 Å². The van der Waals surface area contributed by atoms with Crippen LogP contribution in [0, 0.1) is 28.5 Å². The van der Waals surface area contributed by atoms with Crippen molar-refractivity contribution < 1.29 is 4.39 Å². The number of anilines is 2. The first-order valence-electron chi connectivity index (χ1n) is 13.0. The lowest BCUT2D eigenvalue weighted by Crippen LogP contribution is -2.49. The summed E-state index contributed by atoms with van der Waals surface area (Å²) in [4.78, 5) is 14.9. The molecule has 0 spiro atoms. The van der Waals surface area contributed by atoms with Crippen LogP contribution >= 0.6 is 0 Å². The largest absolute Gasteiger partial charge is 0.391 e. The van der Waals surface area contributed by atoms with Crippen LogP contribution in [-0.2, 0) is 0 Å². The molecule has 0 bridgehead atoms. The summed E-state index contributed by atoms with van der Waals surface area (Å²) in [6.45, 7) is 16.4. The van der Waals surface area contributed by atoms with E-state index < -0.39 is 11.2 Å². The van der Waals surface area contributed by atoms with E-state index in [2.05, 4.69) is 58.3 Å². The predicted octanol–water partition coefficient (Wildman–Crippen LogP) is 4.80. The Hall–Kier alpha value is -3.07. The van der Waals surface area contributed by atoms with Crippen LogP contribution in [0.1, 0.15) is 47.5 Å². The number of aliphatic imine (C=N–C) groups is 1. The summed E-state index contributed by atoms with van der Waals surface area (Å²) in [6, 6.07) is 0. The van der Waals surface area contributed by atoms with Crippen LogP contribution in [0.5, 0.6) is 0 Å². The standard InChI is InChI=1S/C28H45FN8/c1-10-20(13-14-31-7)19(4)11-12-23(32-8)35-27-34-15-22(29)26(36-27)37-16-21(24(33-9)18(2)3)25(30)28(5,6)17-37/h11-12,15,18,20,30-31,33H,4,10,13-14,16-17H2,1-3,5-9H3,(H,32,34,35,36)/b12-11-,24-21-,30-25?. The minimum atomic E-state index is -0.501. The second kappa shape index (κ2) is 13.5. The minimum Gasteiger partial charge on any atom is -0.391 e. The van der Waals surface area contributed by atoms with Gasteiger partial charge in [0.05, 0.1) is 6.20 Å². The molecule has 1 saturated heterocycles. The van der Waals surface area contributed by atoms with Gasteiger partial charge in [-0.15, -0.1) is 0 Å². The molecule has 4 N–H and O–H groups in total. The van der Waals surface area contributed by atoms with Gasteiger partial charge in [-0.2, -0.15) is 4.98 Å². The molecule has 9 heteroatoms. The SMILES string of the molecule is C=C(/C=C\C(=N/C)Nc1ncc(F)c(N2C/C(=C(/NC)C(C)C)C(=N)C(C)(C)C2)n1)C(CC)CCNC. The Bertz CT molecular complexity index is 1050. The third kappa shape index (κ3) is 7.71. The van der Waals surface area contributed by atoms with Gasteiger partial charge in [0.1, 0.15) is 5.84 Å². The number of aromatic nitrogens is 2. The predicted molar refractivity (Wildman–Crippen MR) is 154 cm³/mol. The van der Waals surface area contributed by atoms with Gasteiger partial charge in [-0.1, -0.05) is 52.8 Å². The molecule has 1 atom stereocenters. The van der Waals surface area contributed by atoms with E-state index in [1.54, 1.807) is 7.05 Å². The molecule has 204 valence electrons. The van der Waals surface area contributed by atoms with Gasteiger partial charge in [0.25, 0.3) is 0 Å². The lowest BCUT2D eigenvalue weighted by atomic mass is 9.77. The fourth-order valence-electron chi connectivity index (χ4n) is 4.67. The molecule has 1 aromatic heterocycles. The van der Waals surface area contributed by atoms with Crippen LogP contribution in [-0.4, -0.2) is 62.3 Å². The maximum absolute atomic E-state index is 15.0. The van der Waals surface area contributed by atoms with E-state index in [1.807, 2.05) is 45.0 Å². The van der Waals surface area contributed by atoms with Gasteiger partial charge in [-0.3, -0.25) is 4.99 Å². The zero-order valence-electron chi connectivity index (χ0n) is 23.8. The molecule has 0 aliphatic carbocycles. The summed E-state index contributed by atoms with van der Waals surface area (Å²) in [7, 11) is 5.50. The Morgan fingerprint density at radius 2 is 2.03 bits per heavy atom. The number of hydrogen-bond acceptors (Lipinski definition) is 7. The summed E-state index contributed by atoms with van der Waals surface area (Å²) >= 11 is 0. The van der Waals surface area contributed by atoms with Crippen LogP contribution in [0.4, 0.5) is 16.2 Å². The molecule has 1 aliphatic rings. The first-order chi connectivity index (χ1) is 17.5. The fraction of sp³-hybridized carbons (Fsp3) is 0.571. The first-order valence-corrected chi connectivity index (χ1v) is 13.0. The monoisotopic (exact) mass is 512 g/mol. The van der Waals surface area contributed by atoms with E-state index in [0.29, 0.717) is 30.6 Å². The van der Waals surface area contributed by atoms with Gasteiger partial charge in [0, 0.05) is 49.6 Å². The summed E-state index contributed by atoms with van der Waals surface area (Å²) in [5.41, 5.74) is 2.99. The van der Waals surface area contributed by atoms with Crippen LogP contribution in [0.15, 0.2) is 46.8 Å². The maximum atomic E-state index is 15.0. The van der Waals surface area contributed by atoms with Gasteiger partial charge >= 0.3 is 0 Å². The zero-order chi connectivity index (χ0) is 27.8. The second-order valence-electron chi connectivity index (χ2n) is 10.4. The molecule has 0 saturated carbocycles. The van der Waals surface area contributed by atoms with Gasteiger partial charge in [0.2, 0.25) is 5.95 Å². The van der Waals surface area contributed by atoms with E-state index in [9.17, 15) is 0 Å². The molecule has 37 heavy (non-hydrogen) atoms. The van der Waals surface area contributed by atoms with E-state index in [0.717, 1.165) is 36.2 Å². The van der Waals surface area contributed by atoms with Gasteiger partial charge in [0.15, 0.2) is 11.6 Å². The van der Waals surface area contributed by atoms with E-state index in [4.69, 9.17) is 5.41 Å². The third-order valence-corrected chi connectivity index (χ3v) is 6.81. The summed E-state index contributed by atoms with van der Waals surface area (Å²) in [5.74, 6) is 1.11. The molecule has 2 rings (SSSR count). The number of amidine groups is 1. The molecule has 8 nitrogen and oxygen atoms in total. The Morgan fingerprint density at radius 3 is 2.59 bits per heavy atom. The highest BCUT2D eigenvalue weighted by Crippen LogP contribution is 2.34. The summed E-state index contributed by atoms with van der Waals surface area (Å²) in [5, 5.41) is 18.4. The highest BCUT2D eigenvalue weighted by Gasteiger charge is 2.38. The Morgan fingerprint density at radius 1 is 1.32 bits per heavy atom. The van der Waals surface area contributed by atoms with Crippen molar-refractivity contribution in [1.82, 2.24) is 20.6 Å². The number of nitrogens with one attached hydrogen (secondary N) is 4. The number of allylic oxidation sites excluding steroid dienone is 3. The fourth-order valence-corrected chi connectivity index (χ4v) is 4.67. The van der Waals surface area contributed by atoms with Crippen molar-refractivity contribution in [3.63, 3.8) is 0 Å².